The number of benzene rings is 1. The fourth-order valence-corrected chi connectivity index (χ4v) is 2.67. The van der Waals surface area contributed by atoms with E-state index in [9.17, 15) is 9.59 Å². The molecule has 1 saturated heterocycles. The molecular formula is C17H26N4O2. The molecule has 1 aromatic carbocycles. The average molecular weight is 318 g/mol. The molecule has 0 saturated carbocycles. The second-order valence-electron chi connectivity index (χ2n) is 6.18. The largest absolute Gasteiger partial charge is 0.351 e. The lowest BCUT2D eigenvalue weighted by Crippen LogP contribution is -2.43. The maximum Gasteiger partial charge on any atom is 0.253 e. The van der Waals surface area contributed by atoms with E-state index in [-0.39, 0.29) is 17.9 Å². The molecule has 1 fully saturated rings. The van der Waals surface area contributed by atoms with Gasteiger partial charge in [0, 0.05) is 32.2 Å². The summed E-state index contributed by atoms with van der Waals surface area (Å²) in [5.41, 5.74) is 7.84. The highest BCUT2D eigenvalue weighted by molar-refractivity contribution is 5.93. The molecule has 3 N–H and O–H groups in total. The van der Waals surface area contributed by atoms with Crippen LogP contribution in [0.5, 0.6) is 0 Å². The normalized spacial score (nSPS) is 20.3. The van der Waals surface area contributed by atoms with Crippen molar-refractivity contribution in [2.75, 3.05) is 14.1 Å². The number of hydrogen-bond acceptors (Lipinski definition) is 4. The summed E-state index contributed by atoms with van der Waals surface area (Å²) in [7, 11) is 3.45. The number of amides is 2. The standard InChI is InChI=1S/C17H26N4O2/c1-4-5-14-10-15(20-19-14)16(22)18-11-12-6-8-13(9-7-12)17(23)21(2)3/h6-9,14-15,19-20H,4-5,10-11H2,1-3H3,(H,18,22). The van der Waals surface area contributed by atoms with Crippen LogP contribution in [0.25, 0.3) is 0 Å². The van der Waals surface area contributed by atoms with Gasteiger partial charge in [-0.3, -0.25) is 15.0 Å². The van der Waals surface area contributed by atoms with Gasteiger partial charge in [0.2, 0.25) is 5.91 Å². The molecule has 0 bridgehead atoms. The van der Waals surface area contributed by atoms with E-state index < -0.39 is 0 Å². The van der Waals surface area contributed by atoms with Crippen molar-refractivity contribution in [1.82, 2.24) is 21.1 Å². The molecule has 1 heterocycles. The fraction of sp³-hybridized carbons (Fsp3) is 0.529. The number of nitrogens with zero attached hydrogens (tertiary/aromatic N) is 1. The second-order valence-corrected chi connectivity index (χ2v) is 6.18. The zero-order valence-electron chi connectivity index (χ0n) is 14.1. The van der Waals surface area contributed by atoms with E-state index in [1.54, 1.807) is 31.1 Å². The van der Waals surface area contributed by atoms with Gasteiger partial charge in [-0.05, 0) is 30.5 Å². The topological polar surface area (TPSA) is 73.5 Å². The summed E-state index contributed by atoms with van der Waals surface area (Å²) in [6.45, 7) is 2.60. The highest BCUT2D eigenvalue weighted by Crippen LogP contribution is 2.11. The van der Waals surface area contributed by atoms with E-state index in [1.807, 2.05) is 12.1 Å². The monoisotopic (exact) mass is 318 g/mol. The minimum Gasteiger partial charge on any atom is -0.351 e. The quantitative estimate of drug-likeness (QED) is 0.733. The van der Waals surface area contributed by atoms with Gasteiger partial charge >= 0.3 is 0 Å². The molecule has 0 aromatic heterocycles. The first-order chi connectivity index (χ1) is 11.0. The Bertz CT molecular complexity index is 542. The SMILES string of the molecule is CCCC1CC(C(=O)NCc2ccc(C(=O)N(C)C)cc2)NN1. The smallest absolute Gasteiger partial charge is 0.253 e. The van der Waals surface area contributed by atoms with Crippen molar-refractivity contribution < 1.29 is 9.59 Å². The lowest BCUT2D eigenvalue weighted by molar-refractivity contribution is -0.123. The van der Waals surface area contributed by atoms with Crippen molar-refractivity contribution in [2.45, 2.75) is 44.8 Å². The van der Waals surface area contributed by atoms with Crippen LogP contribution in [-0.2, 0) is 11.3 Å². The summed E-state index contributed by atoms with van der Waals surface area (Å²) >= 11 is 0. The molecule has 0 radical (unpaired) electrons. The van der Waals surface area contributed by atoms with Crippen LogP contribution in [0, 0.1) is 0 Å². The molecular weight excluding hydrogens is 292 g/mol. The summed E-state index contributed by atoms with van der Waals surface area (Å²) in [6.07, 6.45) is 2.99. The average Bonchev–Trinajstić information content (AvgIpc) is 3.01. The van der Waals surface area contributed by atoms with Gasteiger partial charge in [-0.1, -0.05) is 25.5 Å². The zero-order valence-corrected chi connectivity index (χ0v) is 14.1. The van der Waals surface area contributed by atoms with Gasteiger partial charge in [-0.25, -0.2) is 5.43 Å². The number of carbonyl (C=O) groups is 2. The third-order valence-electron chi connectivity index (χ3n) is 4.01. The van der Waals surface area contributed by atoms with E-state index in [0.717, 1.165) is 24.8 Å². The molecule has 126 valence electrons. The number of carbonyl (C=O) groups excluding carboxylic acids is 2. The Hall–Kier alpha value is -1.92. The molecule has 23 heavy (non-hydrogen) atoms. The van der Waals surface area contributed by atoms with Crippen LogP contribution in [0.1, 0.15) is 42.1 Å². The Balaban J connectivity index is 1.82. The minimum atomic E-state index is -0.179. The highest BCUT2D eigenvalue weighted by Gasteiger charge is 2.28. The molecule has 2 atom stereocenters. The van der Waals surface area contributed by atoms with Crippen molar-refractivity contribution in [3.63, 3.8) is 0 Å². The molecule has 0 aliphatic carbocycles. The highest BCUT2D eigenvalue weighted by atomic mass is 16.2. The molecule has 2 unspecified atom stereocenters. The van der Waals surface area contributed by atoms with Gasteiger partial charge in [0.1, 0.15) is 6.04 Å². The van der Waals surface area contributed by atoms with Crippen LogP contribution in [0.4, 0.5) is 0 Å². The predicted octanol–water partition coefficient (Wildman–Crippen LogP) is 1.04. The van der Waals surface area contributed by atoms with E-state index in [0.29, 0.717) is 18.2 Å². The molecule has 2 rings (SSSR count). The predicted molar refractivity (Wildman–Crippen MR) is 89.7 cm³/mol. The van der Waals surface area contributed by atoms with Crippen LogP contribution in [-0.4, -0.2) is 42.9 Å². The van der Waals surface area contributed by atoms with Gasteiger partial charge in [-0.15, -0.1) is 0 Å². The first-order valence-electron chi connectivity index (χ1n) is 8.10. The minimum absolute atomic E-state index is 0.00421. The van der Waals surface area contributed by atoms with Crippen LogP contribution in [0.3, 0.4) is 0 Å². The molecule has 1 aliphatic heterocycles. The van der Waals surface area contributed by atoms with E-state index >= 15 is 0 Å². The van der Waals surface area contributed by atoms with Gasteiger partial charge < -0.3 is 10.2 Å². The molecule has 2 amide bonds. The van der Waals surface area contributed by atoms with E-state index in [2.05, 4.69) is 23.1 Å². The van der Waals surface area contributed by atoms with Crippen molar-refractivity contribution in [3.8, 4) is 0 Å². The maximum absolute atomic E-state index is 12.2. The molecule has 6 nitrogen and oxygen atoms in total. The Morgan fingerprint density at radius 2 is 1.91 bits per heavy atom. The first kappa shape index (κ1) is 17.4. The summed E-state index contributed by atoms with van der Waals surface area (Å²) in [4.78, 5) is 25.5. The summed E-state index contributed by atoms with van der Waals surface area (Å²) in [5.74, 6) is -0.0201. The Morgan fingerprint density at radius 1 is 1.22 bits per heavy atom. The second kappa shape index (κ2) is 8.08. The van der Waals surface area contributed by atoms with E-state index in [4.69, 9.17) is 0 Å². The van der Waals surface area contributed by atoms with Crippen LogP contribution in [0.2, 0.25) is 0 Å². The van der Waals surface area contributed by atoms with Crippen LogP contribution >= 0.6 is 0 Å². The zero-order chi connectivity index (χ0) is 16.8. The Kier molecular flexibility index (Phi) is 6.12. The lowest BCUT2D eigenvalue weighted by atomic mass is 10.1. The molecule has 1 aliphatic rings. The van der Waals surface area contributed by atoms with Crippen molar-refractivity contribution in [1.29, 1.82) is 0 Å². The summed E-state index contributed by atoms with van der Waals surface area (Å²) in [5, 5.41) is 2.94. The summed E-state index contributed by atoms with van der Waals surface area (Å²) in [6, 6.07) is 7.51. The third-order valence-corrected chi connectivity index (χ3v) is 4.01. The third kappa shape index (κ3) is 4.77. The lowest BCUT2D eigenvalue weighted by Gasteiger charge is -2.12. The number of rotatable bonds is 6. The van der Waals surface area contributed by atoms with E-state index in [1.165, 1.54) is 0 Å². The van der Waals surface area contributed by atoms with Crippen molar-refractivity contribution in [3.05, 3.63) is 35.4 Å². The van der Waals surface area contributed by atoms with Gasteiger partial charge in [0.15, 0.2) is 0 Å². The number of nitrogens with one attached hydrogen (secondary N) is 3. The van der Waals surface area contributed by atoms with Gasteiger partial charge in [0.05, 0.1) is 0 Å². The Morgan fingerprint density at radius 3 is 2.52 bits per heavy atom. The molecule has 0 spiro atoms. The van der Waals surface area contributed by atoms with Crippen LogP contribution < -0.4 is 16.2 Å². The van der Waals surface area contributed by atoms with Gasteiger partial charge in [-0.2, -0.15) is 0 Å². The molecule has 1 aromatic rings. The van der Waals surface area contributed by atoms with Gasteiger partial charge in [0.25, 0.3) is 5.91 Å². The first-order valence-corrected chi connectivity index (χ1v) is 8.10. The maximum atomic E-state index is 12.2. The van der Waals surface area contributed by atoms with Crippen molar-refractivity contribution >= 4 is 11.8 Å². The number of hydrazine groups is 1. The Labute approximate surface area is 137 Å². The summed E-state index contributed by atoms with van der Waals surface area (Å²) < 4.78 is 0. The molecule has 6 heteroatoms. The van der Waals surface area contributed by atoms with Crippen LogP contribution in [0.15, 0.2) is 24.3 Å². The fourth-order valence-electron chi connectivity index (χ4n) is 2.67. The van der Waals surface area contributed by atoms with Crippen molar-refractivity contribution in [2.24, 2.45) is 0 Å². The number of hydrogen-bond donors (Lipinski definition) is 3.